The van der Waals surface area contributed by atoms with E-state index in [1.165, 1.54) is 23.7 Å². The highest BCUT2D eigenvalue weighted by Crippen LogP contribution is 2.63. The first-order valence-corrected chi connectivity index (χ1v) is 11.5. The van der Waals surface area contributed by atoms with Gasteiger partial charge in [-0.25, -0.2) is 23.3 Å². The van der Waals surface area contributed by atoms with Crippen molar-refractivity contribution in [3.63, 3.8) is 0 Å². The zero-order valence-electron chi connectivity index (χ0n) is 17.0. The lowest BCUT2D eigenvalue weighted by Crippen LogP contribution is -2.34. The van der Waals surface area contributed by atoms with Crippen LogP contribution in [-0.4, -0.2) is 30.5 Å². The van der Waals surface area contributed by atoms with Crippen molar-refractivity contribution in [2.75, 3.05) is 17.2 Å². The maximum absolute atomic E-state index is 14.7. The van der Waals surface area contributed by atoms with E-state index in [0.29, 0.717) is 39.3 Å². The molecule has 1 aliphatic heterocycles. The van der Waals surface area contributed by atoms with Crippen LogP contribution in [-0.2, 0) is 5.54 Å². The fourth-order valence-corrected chi connectivity index (χ4v) is 6.02. The fraction of sp³-hybridized carbons (Fsp3) is 0.364. The van der Waals surface area contributed by atoms with E-state index in [-0.39, 0.29) is 11.7 Å². The second-order valence-electron chi connectivity index (χ2n) is 8.94. The van der Waals surface area contributed by atoms with Crippen LogP contribution in [0.25, 0.3) is 16.2 Å². The van der Waals surface area contributed by atoms with Crippen molar-refractivity contribution >= 4 is 28.8 Å². The summed E-state index contributed by atoms with van der Waals surface area (Å²) in [7, 11) is 0. The van der Waals surface area contributed by atoms with Gasteiger partial charge in [0.15, 0.2) is 16.5 Å². The van der Waals surface area contributed by atoms with Gasteiger partial charge in [-0.15, -0.1) is 5.10 Å². The van der Waals surface area contributed by atoms with Gasteiger partial charge in [-0.3, -0.25) is 0 Å². The topological polar surface area (TPSA) is 85.2 Å². The molecule has 0 bridgehead atoms. The van der Waals surface area contributed by atoms with E-state index < -0.39 is 11.4 Å². The molecule has 2 saturated carbocycles. The molecule has 0 amide bonds. The molecule has 0 unspecified atom stereocenters. The standard InChI is InChI=1S/C22H19F2N7S/c23-13-3-4-15(24)14(9-13)22-10-12(22)5-7-30(22)16-6-8-31-20(26-16)17(18(25)28-31)21-27-19(29-32-21)11-1-2-11/h3-4,6,8-9,11-12H,1-2,5,7,10H2,(H2,25,28)/t12-,22+/m0/s1. The van der Waals surface area contributed by atoms with Gasteiger partial charge >= 0.3 is 0 Å². The average Bonchev–Trinajstić information content (AvgIpc) is 3.63. The van der Waals surface area contributed by atoms with Gasteiger partial charge in [0.1, 0.15) is 28.8 Å². The van der Waals surface area contributed by atoms with Gasteiger partial charge in [0.25, 0.3) is 0 Å². The number of halogens is 2. The first-order chi connectivity index (χ1) is 15.5. The Hall–Kier alpha value is -3.14. The third kappa shape index (κ3) is 2.49. The van der Waals surface area contributed by atoms with Crippen LogP contribution in [0.4, 0.5) is 20.4 Å². The van der Waals surface area contributed by atoms with E-state index in [0.717, 1.165) is 44.1 Å². The molecule has 2 atom stereocenters. The smallest absolute Gasteiger partial charge is 0.169 e. The Morgan fingerprint density at radius 1 is 1.12 bits per heavy atom. The molecule has 0 spiro atoms. The predicted molar refractivity (Wildman–Crippen MR) is 116 cm³/mol. The van der Waals surface area contributed by atoms with Crippen molar-refractivity contribution in [1.82, 2.24) is 24.0 Å². The lowest BCUT2D eigenvalue weighted by molar-refractivity contribution is 0.544. The fourth-order valence-electron chi connectivity index (χ4n) is 5.23. The first kappa shape index (κ1) is 18.4. The van der Waals surface area contributed by atoms with Crippen LogP contribution in [0.3, 0.4) is 0 Å². The minimum Gasteiger partial charge on any atom is -0.382 e. The highest BCUT2D eigenvalue weighted by atomic mass is 32.1. The van der Waals surface area contributed by atoms with Gasteiger partial charge in [0.2, 0.25) is 0 Å². The summed E-state index contributed by atoms with van der Waals surface area (Å²) in [5, 5.41) is 5.11. The maximum Gasteiger partial charge on any atom is 0.169 e. The van der Waals surface area contributed by atoms with Crippen LogP contribution in [0.15, 0.2) is 30.5 Å². The molecule has 0 radical (unpaired) electrons. The number of hydrogen-bond acceptors (Lipinski definition) is 7. The molecule has 3 aliphatic rings. The minimum absolute atomic E-state index is 0.288. The van der Waals surface area contributed by atoms with Gasteiger partial charge in [0, 0.05) is 24.2 Å². The second-order valence-corrected chi connectivity index (χ2v) is 9.69. The van der Waals surface area contributed by atoms with Crippen LogP contribution < -0.4 is 10.6 Å². The summed E-state index contributed by atoms with van der Waals surface area (Å²) in [5.41, 5.74) is 7.37. The van der Waals surface area contributed by atoms with Crippen molar-refractivity contribution in [3.8, 4) is 10.6 Å². The largest absolute Gasteiger partial charge is 0.382 e. The average molecular weight is 452 g/mol. The highest BCUT2D eigenvalue weighted by Gasteiger charge is 2.64. The number of aromatic nitrogens is 5. The molecule has 162 valence electrons. The number of nitrogens with two attached hydrogens (primary N) is 1. The van der Waals surface area contributed by atoms with Gasteiger partial charge in [-0.05, 0) is 67.4 Å². The quantitative estimate of drug-likeness (QED) is 0.503. The SMILES string of the molecule is Nc1nn2ccc(N3CC[C@H]4C[C@]43c3cc(F)ccc3F)nc2c1-c1nc(C2CC2)ns1. The lowest BCUT2D eigenvalue weighted by atomic mass is 10.0. The number of hydrogen-bond donors (Lipinski definition) is 1. The van der Waals surface area contributed by atoms with Crippen LogP contribution in [0, 0.1) is 17.6 Å². The molecule has 10 heteroatoms. The number of anilines is 2. The molecule has 2 N–H and O–H groups in total. The number of nitrogens with zero attached hydrogens (tertiary/aromatic N) is 6. The Labute approximate surface area is 186 Å². The highest BCUT2D eigenvalue weighted by molar-refractivity contribution is 7.09. The molecule has 2 aliphatic carbocycles. The summed E-state index contributed by atoms with van der Waals surface area (Å²) in [6, 6.07) is 5.56. The summed E-state index contributed by atoms with van der Waals surface area (Å²) in [5.74, 6) is 1.85. The zero-order valence-corrected chi connectivity index (χ0v) is 17.8. The Kier molecular flexibility index (Phi) is 3.58. The van der Waals surface area contributed by atoms with E-state index in [4.69, 9.17) is 10.7 Å². The van der Waals surface area contributed by atoms with E-state index >= 15 is 0 Å². The molecule has 4 aromatic rings. The lowest BCUT2D eigenvalue weighted by Gasteiger charge is -2.30. The van der Waals surface area contributed by atoms with Gasteiger partial charge < -0.3 is 10.6 Å². The number of piperidine rings is 1. The molecule has 1 aromatic carbocycles. The second kappa shape index (κ2) is 6.22. The van der Waals surface area contributed by atoms with Crippen molar-refractivity contribution in [2.45, 2.75) is 37.1 Å². The molecular weight excluding hydrogens is 432 g/mol. The molecule has 4 heterocycles. The van der Waals surface area contributed by atoms with E-state index in [2.05, 4.69) is 19.4 Å². The van der Waals surface area contributed by atoms with E-state index in [1.54, 1.807) is 4.52 Å². The Morgan fingerprint density at radius 2 is 2.00 bits per heavy atom. The third-order valence-electron chi connectivity index (χ3n) is 7.02. The van der Waals surface area contributed by atoms with E-state index in [9.17, 15) is 8.78 Å². The van der Waals surface area contributed by atoms with Crippen molar-refractivity contribution in [2.24, 2.45) is 5.92 Å². The summed E-state index contributed by atoms with van der Waals surface area (Å²) < 4.78 is 34.9. The first-order valence-electron chi connectivity index (χ1n) is 10.8. The Balaban J connectivity index is 1.34. The molecule has 3 fully saturated rings. The van der Waals surface area contributed by atoms with Crippen LogP contribution in [0.1, 0.15) is 43.0 Å². The minimum atomic E-state index is -0.550. The number of nitrogen functional groups attached to an aromatic ring is 1. The Bertz CT molecular complexity index is 1390. The number of fused-ring (bicyclic) bond motifs is 2. The van der Waals surface area contributed by atoms with Gasteiger partial charge in [-0.1, -0.05) is 0 Å². The van der Waals surface area contributed by atoms with Crippen LogP contribution in [0.2, 0.25) is 0 Å². The van der Waals surface area contributed by atoms with Crippen LogP contribution >= 0.6 is 11.5 Å². The molecule has 7 rings (SSSR count). The summed E-state index contributed by atoms with van der Waals surface area (Å²) in [6.45, 7) is 0.730. The molecular formula is C22H19F2N7S. The Morgan fingerprint density at radius 3 is 2.81 bits per heavy atom. The molecule has 3 aromatic heterocycles. The molecule has 1 saturated heterocycles. The molecule has 32 heavy (non-hydrogen) atoms. The van der Waals surface area contributed by atoms with Crippen molar-refractivity contribution in [1.29, 1.82) is 0 Å². The van der Waals surface area contributed by atoms with Gasteiger partial charge in [-0.2, -0.15) is 4.37 Å². The van der Waals surface area contributed by atoms with Crippen molar-refractivity contribution in [3.05, 3.63) is 53.5 Å². The summed E-state index contributed by atoms with van der Waals surface area (Å²) >= 11 is 1.31. The monoisotopic (exact) mass is 451 g/mol. The summed E-state index contributed by atoms with van der Waals surface area (Å²) in [4.78, 5) is 11.7. The van der Waals surface area contributed by atoms with Gasteiger partial charge in [0.05, 0.1) is 5.54 Å². The van der Waals surface area contributed by atoms with Crippen molar-refractivity contribution < 1.29 is 8.78 Å². The van der Waals surface area contributed by atoms with Crippen LogP contribution in [0.5, 0.6) is 0 Å². The maximum atomic E-state index is 14.7. The zero-order chi connectivity index (χ0) is 21.6. The summed E-state index contributed by atoms with van der Waals surface area (Å²) in [6.07, 6.45) is 5.76. The number of rotatable bonds is 4. The number of benzene rings is 1. The van der Waals surface area contributed by atoms with E-state index in [1.807, 2.05) is 12.3 Å². The normalized spacial score (nSPS) is 24.3. The third-order valence-corrected chi connectivity index (χ3v) is 7.77. The predicted octanol–water partition coefficient (Wildman–Crippen LogP) is 4.11. The molecule has 7 nitrogen and oxygen atoms in total.